The molecule has 0 spiro atoms. The minimum Gasteiger partial charge on any atom is -0.378 e. The first-order chi connectivity index (χ1) is 13.2. The van der Waals surface area contributed by atoms with Gasteiger partial charge in [-0.15, -0.1) is 11.8 Å². The first kappa shape index (κ1) is 18.4. The summed E-state index contributed by atoms with van der Waals surface area (Å²) in [6.07, 6.45) is 3.90. The average molecular weight is 410 g/mol. The third-order valence-corrected chi connectivity index (χ3v) is 7.52. The molecular formula is C19H28ClN5OS. The van der Waals surface area contributed by atoms with Crippen LogP contribution in [0.2, 0.25) is 5.28 Å². The molecule has 4 heterocycles. The number of anilines is 1. The average Bonchev–Trinajstić information content (AvgIpc) is 3.41. The Bertz CT molecular complexity index is 674. The predicted octanol–water partition coefficient (Wildman–Crippen LogP) is 2.01. The minimum absolute atomic E-state index is 0.380. The Morgan fingerprint density at radius 2 is 1.67 bits per heavy atom. The molecule has 8 heteroatoms. The highest BCUT2D eigenvalue weighted by atomic mass is 35.5. The van der Waals surface area contributed by atoms with Crippen LogP contribution in [0.3, 0.4) is 0 Å². The van der Waals surface area contributed by atoms with Crippen LogP contribution in [0.25, 0.3) is 0 Å². The fourth-order valence-electron chi connectivity index (χ4n) is 4.34. The normalized spacial score (nSPS) is 27.1. The molecule has 0 amide bonds. The van der Waals surface area contributed by atoms with Crippen LogP contribution in [-0.2, 0) is 11.2 Å². The summed E-state index contributed by atoms with van der Waals surface area (Å²) in [5, 5.41) is 0.938. The van der Waals surface area contributed by atoms with Gasteiger partial charge in [0, 0.05) is 64.0 Å². The molecule has 148 valence electrons. The van der Waals surface area contributed by atoms with Gasteiger partial charge in [-0.2, -0.15) is 4.98 Å². The maximum absolute atomic E-state index is 6.24. The lowest BCUT2D eigenvalue weighted by atomic mass is 10.2. The van der Waals surface area contributed by atoms with Crippen molar-refractivity contribution in [2.45, 2.75) is 29.4 Å². The van der Waals surface area contributed by atoms with E-state index in [9.17, 15) is 0 Å². The van der Waals surface area contributed by atoms with E-state index in [-0.39, 0.29) is 0 Å². The van der Waals surface area contributed by atoms with Crippen molar-refractivity contribution >= 4 is 29.2 Å². The largest absolute Gasteiger partial charge is 0.378 e. The van der Waals surface area contributed by atoms with Crippen molar-refractivity contribution in [1.29, 1.82) is 0 Å². The van der Waals surface area contributed by atoms with Crippen LogP contribution in [0.15, 0.2) is 4.90 Å². The number of thioether (sulfide) groups is 1. The van der Waals surface area contributed by atoms with Crippen molar-refractivity contribution in [3.05, 3.63) is 11.0 Å². The van der Waals surface area contributed by atoms with E-state index in [1.54, 1.807) is 0 Å². The number of halogens is 1. The molecule has 0 N–H and O–H groups in total. The van der Waals surface area contributed by atoms with E-state index in [2.05, 4.69) is 24.7 Å². The molecule has 3 fully saturated rings. The van der Waals surface area contributed by atoms with Crippen LogP contribution in [0, 0.1) is 5.92 Å². The molecule has 2 saturated heterocycles. The second-order valence-electron chi connectivity index (χ2n) is 8.18. The molecule has 5 rings (SSSR count). The molecule has 0 bridgehead atoms. The summed E-state index contributed by atoms with van der Waals surface area (Å²) in [4.78, 5) is 18.0. The number of ether oxygens (including phenoxy) is 1. The first-order valence-corrected chi connectivity index (χ1v) is 11.5. The Kier molecular flexibility index (Phi) is 5.48. The van der Waals surface area contributed by atoms with Gasteiger partial charge in [-0.05, 0) is 30.4 Å². The van der Waals surface area contributed by atoms with Crippen molar-refractivity contribution in [3.63, 3.8) is 0 Å². The summed E-state index contributed by atoms with van der Waals surface area (Å²) in [7, 11) is 0. The summed E-state index contributed by atoms with van der Waals surface area (Å²) in [5.74, 6) is 2.02. The second kappa shape index (κ2) is 8.03. The molecule has 0 radical (unpaired) electrons. The van der Waals surface area contributed by atoms with Crippen molar-refractivity contribution in [3.8, 4) is 0 Å². The zero-order chi connectivity index (χ0) is 18.2. The van der Waals surface area contributed by atoms with Gasteiger partial charge in [0.25, 0.3) is 0 Å². The summed E-state index contributed by atoms with van der Waals surface area (Å²) in [6, 6.07) is 0. The van der Waals surface area contributed by atoms with Gasteiger partial charge in [0.15, 0.2) is 0 Å². The molecule has 1 aromatic heterocycles. The number of morpholine rings is 1. The summed E-state index contributed by atoms with van der Waals surface area (Å²) < 4.78 is 5.49. The summed E-state index contributed by atoms with van der Waals surface area (Å²) in [5.41, 5.74) is 1.14. The number of piperazine rings is 1. The number of hydrogen-bond acceptors (Lipinski definition) is 7. The predicted molar refractivity (Wildman–Crippen MR) is 109 cm³/mol. The topological polar surface area (TPSA) is 44.7 Å². The van der Waals surface area contributed by atoms with E-state index < -0.39 is 0 Å². The van der Waals surface area contributed by atoms with Crippen molar-refractivity contribution in [2.24, 2.45) is 5.92 Å². The zero-order valence-electron chi connectivity index (χ0n) is 15.8. The van der Waals surface area contributed by atoms with Crippen molar-refractivity contribution < 1.29 is 4.74 Å². The van der Waals surface area contributed by atoms with E-state index in [4.69, 9.17) is 16.3 Å². The minimum atomic E-state index is 0.380. The summed E-state index contributed by atoms with van der Waals surface area (Å²) >= 11 is 8.20. The summed E-state index contributed by atoms with van der Waals surface area (Å²) in [6.45, 7) is 10.6. The van der Waals surface area contributed by atoms with Gasteiger partial charge in [-0.3, -0.25) is 4.90 Å². The molecule has 0 aromatic carbocycles. The lowest BCUT2D eigenvalue weighted by Crippen LogP contribution is -2.48. The zero-order valence-corrected chi connectivity index (χ0v) is 17.4. The lowest BCUT2D eigenvalue weighted by Gasteiger charge is -2.35. The van der Waals surface area contributed by atoms with Crippen LogP contribution in [-0.4, -0.2) is 90.6 Å². The van der Waals surface area contributed by atoms with Crippen LogP contribution >= 0.6 is 23.4 Å². The van der Waals surface area contributed by atoms with Crippen LogP contribution < -0.4 is 4.90 Å². The quantitative estimate of drug-likeness (QED) is 0.689. The molecule has 1 aliphatic carbocycles. The van der Waals surface area contributed by atoms with Gasteiger partial charge >= 0.3 is 0 Å². The Morgan fingerprint density at radius 1 is 0.963 bits per heavy atom. The fraction of sp³-hybridized carbons (Fsp3) is 0.789. The third kappa shape index (κ3) is 4.37. The first-order valence-electron chi connectivity index (χ1n) is 10.2. The van der Waals surface area contributed by atoms with Gasteiger partial charge in [-0.25, -0.2) is 4.98 Å². The Morgan fingerprint density at radius 3 is 2.37 bits per heavy atom. The van der Waals surface area contributed by atoms with Gasteiger partial charge in [0.05, 0.1) is 23.8 Å². The van der Waals surface area contributed by atoms with Gasteiger partial charge in [-0.1, -0.05) is 0 Å². The molecule has 1 unspecified atom stereocenters. The van der Waals surface area contributed by atoms with Gasteiger partial charge < -0.3 is 14.5 Å². The Hall–Kier alpha value is -0.600. The highest BCUT2D eigenvalue weighted by Crippen LogP contribution is 2.42. The molecule has 1 aromatic rings. The molecule has 4 aliphatic rings. The standard InChI is InChI=1S/C19H28ClN5OS/c20-19-21-16-11-15(13-24-5-3-23(4-6-24)12-14-1-2-14)27-17(16)18(22-19)25-7-9-26-10-8-25/h14-15H,1-13H2. The van der Waals surface area contributed by atoms with Gasteiger partial charge in [0.2, 0.25) is 5.28 Å². The third-order valence-electron chi connectivity index (χ3n) is 6.05. The molecular weight excluding hydrogens is 382 g/mol. The molecule has 27 heavy (non-hydrogen) atoms. The number of fused-ring (bicyclic) bond motifs is 1. The van der Waals surface area contributed by atoms with Crippen LogP contribution in [0.1, 0.15) is 18.5 Å². The molecule has 1 atom stereocenters. The van der Waals surface area contributed by atoms with E-state index >= 15 is 0 Å². The van der Waals surface area contributed by atoms with Crippen LogP contribution in [0.5, 0.6) is 0 Å². The lowest BCUT2D eigenvalue weighted by molar-refractivity contribution is 0.122. The second-order valence-corrected chi connectivity index (χ2v) is 9.83. The maximum atomic E-state index is 6.24. The number of rotatable bonds is 5. The highest BCUT2D eigenvalue weighted by molar-refractivity contribution is 8.00. The molecule has 6 nitrogen and oxygen atoms in total. The maximum Gasteiger partial charge on any atom is 0.224 e. The smallest absolute Gasteiger partial charge is 0.224 e. The Labute approximate surface area is 170 Å². The van der Waals surface area contributed by atoms with Crippen LogP contribution in [0.4, 0.5) is 5.82 Å². The van der Waals surface area contributed by atoms with E-state index in [0.717, 1.165) is 56.7 Å². The van der Waals surface area contributed by atoms with E-state index in [0.29, 0.717) is 10.5 Å². The van der Waals surface area contributed by atoms with E-state index in [1.165, 1.54) is 50.5 Å². The number of hydrogen-bond donors (Lipinski definition) is 0. The van der Waals surface area contributed by atoms with Crippen molar-refractivity contribution in [1.82, 2.24) is 19.8 Å². The number of aromatic nitrogens is 2. The fourth-order valence-corrected chi connectivity index (χ4v) is 5.92. The monoisotopic (exact) mass is 409 g/mol. The van der Waals surface area contributed by atoms with E-state index in [1.807, 2.05) is 11.8 Å². The van der Waals surface area contributed by atoms with Crippen molar-refractivity contribution in [2.75, 3.05) is 70.5 Å². The number of nitrogens with zero attached hydrogens (tertiary/aromatic N) is 5. The molecule has 3 aliphatic heterocycles. The Balaban J connectivity index is 1.20. The molecule has 1 saturated carbocycles. The van der Waals surface area contributed by atoms with Gasteiger partial charge in [0.1, 0.15) is 5.82 Å². The highest BCUT2D eigenvalue weighted by Gasteiger charge is 2.32. The SMILES string of the molecule is Clc1nc2c(c(N3CCOCC3)n1)SC(CN1CCN(CC3CC3)CC1)C2.